The molecule has 6 nitrogen and oxygen atoms in total. The zero-order valence-electron chi connectivity index (χ0n) is 17.4. The van der Waals surface area contributed by atoms with Crippen molar-refractivity contribution in [2.75, 3.05) is 25.5 Å². The van der Waals surface area contributed by atoms with E-state index in [0.717, 1.165) is 38.2 Å². The van der Waals surface area contributed by atoms with Gasteiger partial charge in [-0.1, -0.05) is 29.3 Å². The van der Waals surface area contributed by atoms with Crippen molar-refractivity contribution >= 4 is 17.6 Å². The van der Waals surface area contributed by atoms with Crippen molar-refractivity contribution in [3.05, 3.63) is 59.2 Å². The number of ether oxygens (including phenoxy) is 1. The van der Waals surface area contributed by atoms with Crippen LogP contribution in [0.2, 0.25) is 0 Å². The second-order valence-corrected chi connectivity index (χ2v) is 7.77. The van der Waals surface area contributed by atoms with Gasteiger partial charge in [0.1, 0.15) is 11.6 Å². The number of nitrogens with one attached hydrogen (secondary N) is 1. The molecule has 0 radical (unpaired) electrons. The molecule has 1 fully saturated rings. The van der Waals surface area contributed by atoms with Crippen LogP contribution in [0.5, 0.6) is 5.75 Å². The third-order valence-electron chi connectivity index (χ3n) is 5.18. The van der Waals surface area contributed by atoms with Gasteiger partial charge in [0, 0.05) is 24.7 Å². The summed E-state index contributed by atoms with van der Waals surface area (Å²) in [4.78, 5) is 18.7. The monoisotopic (exact) mass is 394 g/mol. The van der Waals surface area contributed by atoms with Gasteiger partial charge < -0.3 is 15.8 Å². The van der Waals surface area contributed by atoms with Crippen LogP contribution in [0.1, 0.15) is 29.5 Å². The van der Waals surface area contributed by atoms with Gasteiger partial charge in [-0.05, 0) is 63.1 Å². The third kappa shape index (κ3) is 6.06. The summed E-state index contributed by atoms with van der Waals surface area (Å²) in [6, 6.07) is 13.3. The summed E-state index contributed by atoms with van der Waals surface area (Å²) in [6.07, 6.45) is 2.00. The first-order chi connectivity index (χ1) is 13.9. The second-order valence-electron chi connectivity index (χ2n) is 7.77. The highest BCUT2D eigenvalue weighted by atomic mass is 16.5. The molecule has 29 heavy (non-hydrogen) atoms. The number of hydrogen-bond donors (Lipinski definition) is 2. The molecular weight excluding hydrogens is 364 g/mol. The van der Waals surface area contributed by atoms with Crippen LogP contribution < -0.4 is 15.8 Å². The van der Waals surface area contributed by atoms with Crippen LogP contribution in [0, 0.1) is 19.8 Å². The smallest absolute Gasteiger partial charge is 0.347 e. The fraction of sp³-hybridized carbons (Fsp3) is 0.391. The molecule has 0 aliphatic carbocycles. The second kappa shape index (κ2) is 9.56. The lowest BCUT2D eigenvalue weighted by atomic mass is 9.96. The Morgan fingerprint density at radius 2 is 1.90 bits per heavy atom. The van der Waals surface area contributed by atoms with Crippen LogP contribution in [0.4, 0.5) is 10.5 Å². The number of amidine groups is 1. The topological polar surface area (TPSA) is 79.9 Å². The summed E-state index contributed by atoms with van der Waals surface area (Å²) in [5.74, 6) is 1.23. The Kier molecular flexibility index (Phi) is 6.88. The summed E-state index contributed by atoms with van der Waals surface area (Å²) in [5, 5.41) is 2.75. The van der Waals surface area contributed by atoms with Gasteiger partial charge >= 0.3 is 6.03 Å². The van der Waals surface area contributed by atoms with Crippen molar-refractivity contribution in [3.63, 3.8) is 0 Å². The number of rotatable bonds is 5. The lowest BCUT2D eigenvalue weighted by molar-refractivity contribution is 0.196. The molecular formula is C23H30N4O2. The Morgan fingerprint density at radius 1 is 1.21 bits per heavy atom. The van der Waals surface area contributed by atoms with E-state index in [0.29, 0.717) is 11.5 Å². The molecule has 1 saturated heterocycles. The van der Waals surface area contributed by atoms with Gasteiger partial charge in [-0.3, -0.25) is 4.90 Å². The number of nitrogens with two attached hydrogens (primary N) is 1. The average molecular weight is 395 g/mol. The molecule has 3 rings (SSSR count). The van der Waals surface area contributed by atoms with Crippen molar-refractivity contribution in [1.29, 1.82) is 0 Å². The molecule has 154 valence electrons. The minimum atomic E-state index is -0.445. The van der Waals surface area contributed by atoms with Gasteiger partial charge in [0.15, 0.2) is 0 Å². The van der Waals surface area contributed by atoms with Crippen molar-refractivity contribution in [3.8, 4) is 5.75 Å². The SMILES string of the molecule is COc1ccc(NC(=O)/N=C(\N)C2CCCN(Cc3cc(C)cc(C)c3)C2)cc1. The van der Waals surface area contributed by atoms with Crippen LogP contribution in [-0.2, 0) is 6.54 Å². The number of nitrogens with zero attached hydrogens (tertiary/aromatic N) is 2. The molecule has 1 unspecified atom stereocenters. The summed E-state index contributed by atoms with van der Waals surface area (Å²) in [7, 11) is 1.60. The number of amides is 2. The molecule has 2 amide bonds. The van der Waals surface area contributed by atoms with Gasteiger partial charge in [-0.25, -0.2) is 4.79 Å². The Hall–Kier alpha value is -2.86. The van der Waals surface area contributed by atoms with Gasteiger partial charge in [0.2, 0.25) is 0 Å². The van der Waals surface area contributed by atoms with Crippen LogP contribution in [0.25, 0.3) is 0 Å². The number of benzene rings is 2. The minimum absolute atomic E-state index is 0.0938. The van der Waals surface area contributed by atoms with Crippen LogP contribution in [0.15, 0.2) is 47.5 Å². The first-order valence-corrected chi connectivity index (χ1v) is 10.0. The van der Waals surface area contributed by atoms with Gasteiger partial charge in [0.05, 0.1) is 7.11 Å². The zero-order valence-corrected chi connectivity index (χ0v) is 17.4. The molecule has 2 aromatic carbocycles. The molecule has 3 N–H and O–H groups in total. The number of likely N-dealkylation sites (tertiary alicyclic amines) is 1. The molecule has 2 aromatic rings. The van der Waals surface area contributed by atoms with Gasteiger partial charge in [0.25, 0.3) is 0 Å². The minimum Gasteiger partial charge on any atom is -0.497 e. The average Bonchev–Trinajstić information content (AvgIpc) is 2.68. The van der Waals surface area contributed by atoms with E-state index in [1.54, 1.807) is 31.4 Å². The molecule has 1 aliphatic rings. The normalized spacial score (nSPS) is 17.8. The number of aliphatic imine (C=N–C) groups is 1. The van der Waals surface area contributed by atoms with E-state index in [1.807, 2.05) is 0 Å². The Labute approximate surface area is 172 Å². The highest BCUT2D eigenvalue weighted by molar-refractivity contribution is 6.00. The molecule has 1 atom stereocenters. The number of urea groups is 1. The number of carbonyl (C=O) groups is 1. The van der Waals surface area contributed by atoms with Gasteiger partial charge in [-0.2, -0.15) is 4.99 Å². The van der Waals surface area contributed by atoms with Crippen LogP contribution in [-0.4, -0.2) is 37.0 Å². The Bertz CT molecular complexity index is 857. The lowest BCUT2D eigenvalue weighted by Gasteiger charge is -2.32. The fourth-order valence-corrected chi connectivity index (χ4v) is 3.89. The summed E-state index contributed by atoms with van der Waals surface area (Å²) >= 11 is 0. The van der Waals surface area contributed by atoms with E-state index in [1.165, 1.54) is 16.7 Å². The van der Waals surface area contributed by atoms with Gasteiger partial charge in [-0.15, -0.1) is 0 Å². The molecule has 6 heteroatoms. The van der Waals surface area contributed by atoms with Crippen LogP contribution in [0.3, 0.4) is 0 Å². The first-order valence-electron chi connectivity index (χ1n) is 10.0. The number of aryl methyl sites for hydroxylation is 2. The number of methoxy groups -OCH3 is 1. The number of piperidine rings is 1. The Balaban J connectivity index is 1.58. The standard InChI is InChI=1S/C23H30N4O2/c1-16-11-17(2)13-18(12-16)14-27-10-4-5-19(15-27)22(24)26-23(28)25-20-6-8-21(29-3)9-7-20/h6-9,11-13,19H,4-5,10,14-15H2,1-3H3,(H3,24,25,26,28). The molecule has 0 bridgehead atoms. The molecule has 0 aromatic heterocycles. The quantitative estimate of drug-likeness (QED) is 0.591. The van der Waals surface area contributed by atoms with Crippen molar-refractivity contribution in [1.82, 2.24) is 4.90 Å². The van der Waals surface area contributed by atoms with E-state index in [2.05, 4.69) is 47.3 Å². The molecule has 0 saturated carbocycles. The maximum Gasteiger partial charge on any atom is 0.347 e. The van der Waals surface area contributed by atoms with E-state index in [9.17, 15) is 4.79 Å². The van der Waals surface area contributed by atoms with E-state index >= 15 is 0 Å². The Morgan fingerprint density at radius 3 is 2.55 bits per heavy atom. The number of carbonyl (C=O) groups excluding carboxylic acids is 1. The lowest BCUT2D eigenvalue weighted by Crippen LogP contribution is -2.41. The highest BCUT2D eigenvalue weighted by Crippen LogP contribution is 2.20. The third-order valence-corrected chi connectivity index (χ3v) is 5.18. The maximum absolute atomic E-state index is 12.2. The molecule has 1 aliphatic heterocycles. The largest absolute Gasteiger partial charge is 0.497 e. The van der Waals surface area contributed by atoms with Crippen LogP contribution >= 0.6 is 0 Å². The van der Waals surface area contributed by atoms with Crippen molar-refractivity contribution in [2.45, 2.75) is 33.2 Å². The number of hydrogen-bond acceptors (Lipinski definition) is 3. The van der Waals surface area contributed by atoms with E-state index < -0.39 is 6.03 Å². The molecule has 1 heterocycles. The zero-order chi connectivity index (χ0) is 20.8. The first kappa shape index (κ1) is 20.9. The summed E-state index contributed by atoms with van der Waals surface area (Å²) in [6.45, 7) is 7.00. The highest BCUT2D eigenvalue weighted by Gasteiger charge is 2.23. The van der Waals surface area contributed by atoms with Crippen molar-refractivity contribution < 1.29 is 9.53 Å². The molecule has 0 spiro atoms. The number of anilines is 1. The van der Waals surface area contributed by atoms with Crippen molar-refractivity contribution in [2.24, 2.45) is 16.6 Å². The predicted molar refractivity (Wildman–Crippen MR) is 118 cm³/mol. The fourth-order valence-electron chi connectivity index (χ4n) is 3.89. The maximum atomic E-state index is 12.2. The summed E-state index contributed by atoms with van der Waals surface area (Å²) in [5.41, 5.74) is 10.7. The summed E-state index contributed by atoms with van der Waals surface area (Å²) < 4.78 is 5.12. The predicted octanol–water partition coefficient (Wildman–Crippen LogP) is 4.11. The van der Waals surface area contributed by atoms with E-state index in [4.69, 9.17) is 10.5 Å². The van der Waals surface area contributed by atoms with E-state index in [-0.39, 0.29) is 5.92 Å².